The molecule has 0 aliphatic rings. The standard InChI is InChI=1S/C10H15ClN4O2/c1-3-15(5-7(16)17-4-2)10-8(11)9(12)13-6-14-10/h6H,3-5H2,1-2H3,(H2,12,13,14). The molecule has 6 nitrogen and oxygen atoms in total. The molecule has 1 heterocycles. The van der Waals surface area contributed by atoms with Crippen LogP contribution in [0.3, 0.4) is 0 Å². The van der Waals surface area contributed by atoms with Crippen LogP contribution < -0.4 is 10.6 Å². The second-order valence-electron chi connectivity index (χ2n) is 3.22. The Kier molecular flexibility index (Phi) is 4.96. The zero-order valence-corrected chi connectivity index (χ0v) is 10.6. The van der Waals surface area contributed by atoms with Crippen molar-refractivity contribution in [3.8, 4) is 0 Å². The summed E-state index contributed by atoms with van der Waals surface area (Å²) in [5.41, 5.74) is 5.58. The van der Waals surface area contributed by atoms with Crippen LogP contribution in [-0.2, 0) is 9.53 Å². The van der Waals surface area contributed by atoms with Crippen LogP contribution in [0.4, 0.5) is 11.6 Å². The zero-order chi connectivity index (χ0) is 12.8. The quantitative estimate of drug-likeness (QED) is 0.797. The van der Waals surface area contributed by atoms with Gasteiger partial charge in [0.1, 0.15) is 23.7 Å². The number of esters is 1. The number of hydrogen-bond donors (Lipinski definition) is 1. The predicted molar refractivity (Wildman–Crippen MR) is 66.0 cm³/mol. The van der Waals surface area contributed by atoms with Crippen molar-refractivity contribution in [2.24, 2.45) is 0 Å². The van der Waals surface area contributed by atoms with Crippen molar-refractivity contribution >= 4 is 29.2 Å². The van der Waals surface area contributed by atoms with Gasteiger partial charge in [-0.15, -0.1) is 0 Å². The maximum Gasteiger partial charge on any atom is 0.325 e. The molecule has 0 fully saturated rings. The van der Waals surface area contributed by atoms with Gasteiger partial charge < -0.3 is 15.4 Å². The van der Waals surface area contributed by atoms with E-state index in [1.807, 2.05) is 6.92 Å². The predicted octanol–water partition coefficient (Wildman–Crippen LogP) is 1.10. The fraction of sp³-hybridized carbons (Fsp3) is 0.500. The molecule has 0 amide bonds. The molecule has 0 saturated heterocycles. The molecule has 0 spiro atoms. The average molecular weight is 259 g/mol. The molecule has 0 radical (unpaired) electrons. The highest BCUT2D eigenvalue weighted by Gasteiger charge is 2.16. The van der Waals surface area contributed by atoms with Gasteiger partial charge in [0, 0.05) is 6.54 Å². The summed E-state index contributed by atoms with van der Waals surface area (Å²) in [5, 5.41) is 0.249. The highest BCUT2D eigenvalue weighted by Crippen LogP contribution is 2.26. The van der Waals surface area contributed by atoms with Crippen LogP contribution in [0.2, 0.25) is 5.02 Å². The van der Waals surface area contributed by atoms with Gasteiger partial charge in [0.25, 0.3) is 0 Å². The Labute approximate surface area is 105 Å². The van der Waals surface area contributed by atoms with E-state index in [1.54, 1.807) is 11.8 Å². The maximum atomic E-state index is 11.4. The SMILES string of the molecule is CCOC(=O)CN(CC)c1ncnc(N)c1Cl. The third-order valence-corrected chi connectivity index (χ3v) is 2.47. The molecule has 7 heteroatoms. The van der Waals surface area contributed by atoms with Crippen LogP contribution in [0.1, 0.15) is 13.8 Å². The maximum absolute atomic E-state index is 11.4. The highest BCUT2D eigenvalue weighted by atomic mass is 35.5. The van der Waals surface area contributed by atoms with Gasteiger partial charge in [-0.3, -0.25) is 4.79 Å². The normalized spacial score (nSPS) is 10.1. The van der Waals surface area contributed by atoms with Crippen molar-refractivity contribution in [1.29, 1.82) is 0 Å². The molecule has 2 N–H and O–H groups in total. The molecule has 1 aromatic heterocycles. The Morgan fingerprint density at radius 3 is 2.82 bits per heavy atom. The number of rotatable bonds is 5. The monoisotopic (exact) mass is 258 g/mol. The molecule has 0 unspecified atom stereocenters. The van der Waals surface area contributed by atoms with E-state index in [9.17, 15) is 4.79 Å². The minimum absolute atomic E-state index is 0.0838. The number of halogens is 1. The Morgan fingerprint density at radius 1 is 1.53 bits per heavy atom. The molecule has 0 saturated carbocycles. The third-order valence-electron chi connectivity index (χ3n) is 2.10. The van der Waals surface area contributed by atoms with Crippen LogP contribution in [-0.4, -0.2) is 35.6 Å². The number of nitrogens with two attached hydrogens (primary N) is 1. The van der Waals surface area contributed by atoms with Gasteiger partial charge in [-0.05, 0) is 13.8 Å². The number of carbonyl (C=O) groups excluding carboxylic acids is 1. The first kappa shape index (κ1) is 13.5. The molecular formula is C10H15ClN4O2. The van der Waals surface area contributed by atoms with E-state index in [1.165, 1.54) is 6.33 Å². The van der Waals surface area contributed by atoms with Crippen LogP contribution in [0.25, 0.3) is 0 Å². The number of nitrogen functional groups attached to an aromatic ring is 1. The molecular weight excluding hydrogens is 244 g/mol. The van der Waals surface area contributed by atoms with Crippen molar-refractivity contribution in [3.63, 3.8) is 0 Å². The number of anilines is 2. The Morgan fingerprint density at radius 2 is 2.24 bits per heavy atom. The van der Waals surface area contributed by atoms with Crippen LogP contribution in [0, 0.1) is 0 Å². The second-order valence-corrected chi connectivity index (χ2v) is 3.59. The van der Waals surface area contributed by atoms with E-state index in [0.717, 1.165) is 0 Å². The summed E-state index contributed by atoms with van der Waals surface area (Å²) in [6, 6.07) is 0. The van der Waals surface area contributed by atoms with Crippen molar-refractivity contribution in [3.05, 3.63) is 11.3 Å². The molecule has 0 aromatic carbocycles. The van der Waals surface area contributed by atoms with Gasteiger partial charge in [-0.1, -0.05) is 11.6 Å². The summed E-state index contributed by atoms with van der Waals surface area (Å²) in [4.78, 5) is 20.9. The average Bonchev–Trinajstić information content (AvgIpc) is 2.30. The lowest BCUT2D eigenvalue weighted by molar-refractivity contribution is -0.141. The number of aromatic nitrogens is 2. The lowest BCUT2D eigenvalue weighted by Gasteiger charge is -2.21. The van der Waals surface area contributed by atoms with Gasteiger partial charge in [0.15, 0.2) is 5.82 Å². The minimum atomic E-state index is -0.331. The Balaban J connectivity index is 2.86. The minimum Gasteiger partial charge on any atom is -0.465 e. The van der Waals surface area contributed by atoms with Gasteiger partial charge in [0.2, 0.25) is 0 Å². The number of nitrogens with zero attached hydrogens (tertiary/aromatic N) is 3. The molecule has 0 atom stereocenters. The van der Waals surface area contributed by atoms with E-state index in [0.29, 0.717) is 19.0 Å². The van der Waals surface area contributed by atoms with Gasteiger partial charge in [-0.2, -0.15) is 0 Å². The molecule has 17 heavy (non-hydrogen) atoms. The van der Waals surface area contributed by atoms with Gasteiger partial charge in [0.05, 0.1) is 6.61 Å². The van der Waals surface area contributed by atoms with Crippen molar-refractivity contribution in [1.82, 2.24) is 9.97 Å². The molecule has 1 rings (SSSR count). The first-order valence-electron chi connectivity index (χ1n) is 5.26. The second kappa shape index (κ2) is 6.24. The molecule has 94 valence electrons. The number of likely N-dealkylation sites (N-methyl/N-ethyl adjacent to an activating group) is 1. The molecule has 0 aliphatic carbocycles. The lowest BCUT2D eigenvalue weighted by atomic mass is 10.4. The number of ether oxygens (including phenoxy) is 1. The summed E-state index contributed by atoms with van der Waals surface area (Å²) < 4.78 is 4.87. The summed E-state index contributed by atoms with van der Waals surface area (Å²) >= 11 is 5.98. The lowest BCUT2D eigenvalue weighted by Crippen LogP contribution is -2.31. The summed E-state index contributed by atoms with van der Waals surface area (Å²) in [7, 11) is 0. The fourth-order valence-electron chi connectivity index (χ4n) is 1.29. The molecule has 1 aromatic rings. The van der Waals surface area contributed by atoms with Crippen molar-refractivity contribution in [2.45, 2.75) is 13.8 Å². The van der Waals surface area contributed by atoms with Crippen LogP contribution >= 0.6 is 11.6 Å². The third kappa shape index (κ3) is 3.45. The Bertz CT molecular complexity index is 400. The first-order valence-corrected chi connectivity index (χ1v) is 5.64. The van der Waals surface area contributed by atoms with Crippen molar-refractivity contribution in [2.75, 3.05) is 30.3 Å². The first-order chi connectivity index (χ1) is 8.10. The van der Waals surface area contributed by atoms with E-state index < -0.39 is 0 Å². The van der Waals surface area contributed by atoms with E-state index in [2.05, 4.69) is 9.97 Å². The highest BCUT2D eigenvalue weighted by molar-refractivity contribution is 6.35. The number of hydrogen-bond acceptors (Lipinski definition) is 6. The van der Waals surface area contributed by atoms with E-state index >= 15 is 0 Å². The largest absolute Gasteiger partial charge is 0.465 e. The topological polar surface area (TPSA) is 81.3 Å². The summed E-state index contributed by atoms with van der Waals surface area (Å²) in [6.45, 7) is 4.63. The smallest absolute Gasteiger partial charge is 0.325 e. The fourth-order valence-corrected chi connectivity index (χ4v) is 1.51. The summed E-state index contributed by atoms with van der Waals surface area (Å²) in [6.07, 6.45) is 1.31. The van der Waals surface area contributed by atoms with Gasteiger partial charge >= 0.3 is 5.97 Å². The Hall–Kier alpha value is -1.56. The van der Waals surface area contributed by atoms with Gasteiger partial charge in [-0.25, -0.2) is 9.97 Å². The van der Waals surface area contributed by atoms with E-state index in [-0.39, 0.29) is 23.4 Å². The van der Waals surface area contributed by atoms with Crippen LogP contribution in [0.5, 0.6) is 0 Å². The van der Waals surface area contributed by atoms with E-state index in [4.69, 9.17) is 22.1 Å². The molecule has 0 aliphatic heterocycles. The summed E-state index contributed by atoms with van der Waals surface area (Å²) in [5.74, 6) is 0.302. The van der Waals surface area contributed by atoms with Crippen LogP contribution in [0.15, 0.2) is 6.33 Å². The number of carbonyl (C=O) groups is 1. The molecule has 0 bridgehead atoms. The van der Waals surface area contributed by atoms with Crippen molar-refractivity contribution < 1.29 is 9.53 Å². The zero-order valence-electron chi connectivity index (χ0n) is 9.81.